The van der Waals surface area contributed by atoms with E-state index in [-0.39, 0.29) is 5.91 Å². The first-order valence-electron chi connectivity index (χ1n) is 7.95. The molecule has 1 aromatic carbocycles. The van der Waals surface area contributed by atoms with Gasteiger partial charge in [0.05, 0.1) is 13.3 Å². The summed E-state index contributed by atoms with van der Waals surface area (Å²) in [6.07, 6.45) is 3.05. The Morgan fingerprint density at radius 1 is 1.18 bits per heavy atom. The first-order chi connectivity index (χ1) is 10.7. The molecule has 2 saturated heterocycles. The minimum absolute atomic E-state index is 0.205. The molecule has 5 nitrogen and oxygen atoms in total. The third kappa shape index (κ3) is 2.35. The maximum Gasteiger partial charge on any atom is 0.273 e. The van der Waals surface area contributed by atoms with Crippen molar-refractivity contribution in [2.45, 2.75) is 19.0 Å². The van der Waals surface area contributed by atoms with Crippen LogP contribution in [-0.4, -0.2) is 65.0 Å². The van der Waals surface area contributed by atoms with Gasteiger partial charge in [-0.05, 0) is 12.0 Å². The van der Waals surface area contributed by atoms with E-state index in [1.807, 2.05) is 13.2 Å². The maximum atomic E-state index is 12.6. The van der Waals surface area contributed by atoms with Crippen LogP contribution in [0.3, 0.4) is 0 Å². The second-order valence-electron chi connectivity index (χ2n) is 6.53. The summed E-state index contributed by atoms with van der Waals surface area (Å²) in [5.74, 6) is 0.205. The highest BCUT2D eigenvalue weighted by Crippen LogP contribution is 2.28. The third-order valence-corrected chi connectivity index (χ3v) is 4.82. The monoisotopic (exact) mass is 298 g/mol. The lowest BCUT2D eigenvalue weighted by atomic mass is 10.2. The van der Waals surface area contributed by atoms with Crippen LogP contribution in [0.4, 0.5) is 0 Å². The van der Waals surface area contributed by atoms with Crippen LogP contribution < -0.4 is 0 Å². The van der Waals surface area contributed by atoms with Gasteiger partial charge in [-0.2, -0.15) is 0 Å². The van der Waals surface area contributed by atoms with E-state index in [0.29, 0.717) is 6.04 Å². The molecule has 4 rings (SSSR count). The van der Waals surface area contributed by atoms with Gasteiger partial charge in [0.2, 0.25) is 0 Å². The Bertz CT molecular complexity index is 600. The number of hydrogen-bond acceptors (Lipinski definition) is 4. The number of hydrogen-bond donors (Lipinski definition) is 0. The van der Waals surface area contributed by atoms with Gasteiger partial charge in [-0.1, -0.05) is 30.3 Å². The molecule has 0 bridgehead atoms. The van der Waals surface area contributed by atoms with Crippen molar-refractivity contribution in [1.29, 1.82) is 0 Å². The average Bonchev–Trinajstić information content (AvgIpc) is 3.18. The standard InChI is InChI=1S/C17H22N4O/c1-18-11-16-17(22)21(13-20(16)12-18)15-7-8-19(10-15)9-14-5-3-2-4-6-14/h2-6,11,15H,7-10,12-13H2,1H3. The molecular weight excluding hydrogens is 276 g/mol. The summed E-state index contributed by atoms with van der Waals surface area (Å²) in [5.41, 5.74) is 2.21. The van der Waals surface area contributed by atoms with Crippen LogP contribution in [0.5, 0.6) is 0 Å². The minimum Gasteiger partial charge on any atom is -0.361 e. The normalized spacial score (nSPS) is 25.1. The molecule has 0 aliphatic carbocycles. The molecule has 0 spiro atoms. The topological polar surface area (TPSA) is 30.0 Å². The number of carbonyl (C=O) groups excluding carboxylic acids is 1. The number of fused-ring (bicyclic) bond motifs is 1. The molecule has 3 aliphatic rings. The van der Waals surface area contributed by atoms with E-state index in [1.165, 1.54) is 5.56 Å². The summed E-state index contributed by atoms with van der Waals surface area (Å²) >= 11 is 0. The molecule has 1 unspecified atom stereocenters. The number of rotatable bonds is 3. The first-order valence-corrected chi connectivity index (χ1v) is 7.95. The molecule has 1 aromatic rings. The second-order valence-corrected chi connectivity index (χ2v) is 6.53. The molecule has 1 atom stereocenters. The summed E-state index contributed by atoms with van der Waals surface area (Å²) < 4.78 is 0. The summed E-state index contributed by atoms with van der Waals surface area (Å²) in [6.45, 7) is 4.62. The molecule has 3 heterocycles. The lowest BCUT2D eigenvalue weighted by Crippen LogP contribution is -2.40. The van der Waals surface area contributed by atoms with Crippen LogP contribution in [0.1, 0.15) is 12.0 Å². The molecule has 2 fully saturated rings. The van der Waals surface area contributed by atoms with Crippen molar-refractivity contribution in [2.24, 2.45) is 0 Å². The number of benzene rings is 1. The van der Waals surface area contributed by atoms with E-state index >= 15 is 0 Å². The molecule has 0 saturated carbocycles. The van der Waals surface area contributed by atoms with E-state index in [0.717, 1.165) is 45.1 Å². The third-order valence-electron chi connectivity index (χ3n) is 4.82. The molecule has 0 radical (unpaired) electrons. The van der Waals surface area contributed by atoms with Crippen LogP contribution in [0.25, 0.3) is 0 Å². The fourth-order valence-corrected chi connectivity index (χ4v) is 3.72. The van der Waals surface area contributed by atoms with Crippen molar-refractivity contribution in [3.8, 4) is 0 Å². The maximum absolute atomic E-state index is 12.6. The highest BCUT2D eigenvalue weighted by Gasteiger charge is 2.41. The van der Waals surface area contributed by atoms with Crippen molar-refractivity contribution in [1.82, 2.24) is 19.6 Å². The fourth-order valence-electron chi connectivity index (χ4n) is 3.72. The van der Waals surface area contributed by atoms with Crippen LogP contribution in [-0.2, 0) is 11.3 Å². The Morgan fingerprint density at radius 2 is 2.00 bits per heavy atom. The molecule has 5 heteroatoms. The Labute approximate surface area is 131 Å². The van der Waals surface area contributed by atoms with Gasteiger partial charge in [0.15, 0.2) is 0 Å². The lowest BCUT2D eigenvalue weighted by molar-refractivity contribution is -0.126. The van der Waals surface area contributed by atoms with Gasteiger partial charge in [-0.15, -0.1) is 0 Å². The van der Waals surface area contributed by atoms with Crippen molar-refractivity contribution < 1.29 is 4.79 Å². The molecule has 116 valence electrons. The van der Waals surface area contributed by atoms with Gasteiger partial charge in [-0.25, -0.2) is 0 Å². The number of nitrogens with zero attached hydrogens (tertiary/aromatic N) is 4. The van der Waals surface area contributed by atoms with Crippen LogP contribution in [0.15, 0.2) is 42.2 Å². The van der Waals surface area contributed by atoms with E-state index < -0.39 is 0 Å². The van der Waals surface area contributed by atoms with Crippen LogP contribution in [0, 0.1) is 0 Å². The predicted molar refractivity (Wildman–Crippen MR) is 84.4 cm³/mol. The Morgan fingerprint density at radius 3 is 2.77 bits per heavy atom. The Kier molecular flexibility index (Phi) is 3.30. The SMILES string of the molecule is CN1C=C2C(=O)N(C3CCN(Cc4ccccc4)C3)CN2C1. The van der Waals surface area contributed by atoms with Gasteiger partial charge < -0.3 is 14.7 Å². The Balaban J connectivity index is 1.39. The van der Waals surface area contributed by atoms with Gasteiger partial charge >= 0.3 is 0 Å². The molecule has 3 aliphatic heterocycles. The van der Waals surface area contributed by atoms with E-state index in [9.17, 15) is 4.79 Å². The molecule has 0 N–H and O–H groups in total. The molecule has 22 heavy (non-hydrogen) atoms. The molecule has 0 aromatic heterocycles. The zero-order valence-electron chi connectivity index (χ0n) is 13.0. The van der Waals surface area contributed by atoms with Crippen molar-refractivity contribution in [3.63, 3.8) is 0 Å². The summed E-state index contributed by atoms with van der Waals surface area (Å²) in [4.78, 5) is 21.3. The summed E-state index contributed by atoms with van der Waals surface area (Å²) in [6, 6.07) is 10.9. The van der Waals surface area contributed by atoms with E-state index in [4.69, 9.17) is 0 Å². The minimum atomic E-state index is 0.205. The first kappa shape index (κ1) is 13.6. The second kappa shape index (κ2) is 5.32. The zero-order chi connectivity index (χ0) is 15.1. The summed E-state index contributed by atoms with van der Waals surface area (Å²) in [7, 11) is 2.01. The number of carbonyl (C=O) groups is 1. The zero-order valence-corrected chi connectivity index (χ0v) is 13.0. The Hall–Kier alpha value is -2.01. The van der Waals surface area contributed by atoms with Gasteiger partial charge in [-0.3, -0.25) is 9.69 Å². The van der Waals surface area contributed by atoms with Gasteiger partial charge in [0.1, 0.15) is 5.70 Å². The largest absolute Gasteiger partial charge is 0.361 e. The average molecular weight is 298 g/mol. The van der Waals surface area contributed by atoms with Crippen molar-refractivity contribution >= 4 is 5.91 Å². The lowest BCUT2D eigenvalue weighted by Gasteiger charge is -2.25. The highest BCUT2D eigenvalue weighted by molar-refractivity contribution is 5.95. The summed E-state index contributed by atoms with van der Waals surface area (Å²) in [5, 5.41) is 0. The molecule has 1 amide bonds. The molecular formula is C17H22N4O. The number of likely N-dealkylation sites (tertiary alicyclic amines) is 1. The van der Waals surface area contributed by atoms with Gasteiger partial charge in [0.25, 0.3) is 5.91 Å². The quantitative estimate of drug-likeness (QED) is 0.836. The van der Waals surface area contributed by atoms with Gasteiger partial charge in [0, 0.05) is 38.9 Å². The van der Waals surface area contributed by atoms with Crippen LogP contribution >= 0.6 is 0 Å². The highest BCUT2D eigenvalue weighted by atomic mass is 16.2. The van der Waals surface area contributed by atoms with Crippen molar-refractivity contribution in [3.05, 3.63) is 47.8 Å². The van der Waals surface area contributed by atoms with E-state index in [1.54, 1.807) is 0 Å². The van der Waals surface area contributed by atoms with E-state index in [2.05, 4.69) is 49.9 Å². The number of amides is 1. The fraction of sp³-hybridized carbons (Fsp3) is 0.471. The van der Waals surface area contributed by atoms with Crippen LogP contribution in [0.2, 0.25) is 0 Å². The predicted octanol–water partition coefficient (Wildman–Crippen LogP) is 1.11. The smallest absolute Gasteiger partial charge is 0.273 e. The van der Waals surface area contributed by atoms with Crippen molar-refractivity contribution in [2.75, 3.05) is 33.5 Å².